The number of fused-ring (bicyclic) bond motifs is 2. The number of aryl methyl sites for hydroxylation is 2. The fourth-order valence-electron chi connectivity index (χ4n) is 8.08. The Hall–Kier alpha value is -4.28. The highest BCUT2D eigenvalue weighted by Gasteiger charge is 2.72. The van der Waals surface area contributed by atoms with Gasteiger partial charge in [-0.1, -0.05) is 80.6 Å². The van der Waals surface area contributed by atoms with Gasteiger partial charge in [-0.05, 0) is 62.3 Å². The van der Waals surface area contributed by atoms with Gasteiger partial charge >= 0.3 is 5.97 Å². The Balaban J connectivity index is 1.48. The Kier molecular flexibility index (Phi) is 9.82. The van der Waals surface area contributed by atoms with E-state index >= 15 is 0 Å². The fraction of sp³-hybridized carbons (Fsp3) is 0.487. The van der Waals surface area contributed by atoms with Gasteiger partial charge in [0.15, 0.2) is 0 Å². The van der Waals surface area contributed by atoms with Crippen molar-refractivity contribution in [3.05, 3.63) is 89.5 Å². The molecule has 0 aliphatic carbocycles. The van der Waals surface area contributed by atoms with Crippen LogP contribution < -0.4 is 10.2 Å². The van der Waals surface area contributed by atoms with Crippen LogP contribution in [0, 0.1) is 31.6 Å². The van der Waals surface area contributed by atoms with Crippen LogP contribution in [0.15, 0.2) is 72.8 Å². The predicted molar refractivity (Wildman–Crippen MR) is 184 cm³/mol. The fourth-order valence-corrected chi connectivity index (χ4v) is 8.08. The van der Waals surface area contributed by atoms with E-state index < -0.39 is 59.6 Å². The number of benzene rings is 2. The number of nitrogens with zero attached hydrogens (tertiary/aromatic N) is 2. The highest BCUT2D eigenvalue weighted by atomic mass is 16.6. The number of nitrogens with one attached hydrogen (secondary N) is 1. The van der Waals surface area contributed by atoms with Crippen molar-refractivity contribution < 1.29 is 33.8 Å². The van der Waals surface area contributed by atoms with Crippen molar-refractivity contribution >= 4 is 29.4 Å². The van der Waals surface area contributed by atoms with Crippen LogP contribution in [-0.4, -0.2) is 76.7 Å². The summed E-state index contributed by atoms with van der Waals surface area (Å²) in [5, 5.41) is 13.7. The van der Waals surface area contributed by atoms with Crippen LogP contribution in [-0.2, 0) is 28.7 Å². The normalized spacial score (nSPS) is 31.6. The molecule has 0 unspecified atom stereocenters. The summed E-state index contributed by atoms with van der Waals surface area (Å²) in [6, 6.07) is 12.7. The molecule has 2 saturated heterocycles. The molecule has 10 nitrogen and oxygen atoms in total. The summed E-state index contributed by atoms with van der Waals surface area (Å²) < 4.78 is 13.1. The Bertz CT molecular complexity index is 1650. The zero-order valence-corrected chi connectivity index (χ0v) is 28.9. The molecule has 2 N–H and O–H groups in total. The van der Waals surface area contributed by atoms with Gasteiger partial charge in [-0.2, -0.15) is 0 Å². The Labute approximate surface area is 288 Å². The second-order valence-corrected chi connectivity index (χ2v) is 14.3. The molecule has 8 atom stereocenters. The SMILES string of the molecule is Cc1ccc(C)c(N2CC=C[C@]34O[C@@H]5/C=C\CCC(=O)N[C@H](C)[C@@H](c6ccccc6)OC(=O)[C@@H]5[C@H]3C(=O)N([C@@H](CO)CC(C)C)[C@@H]4C2=O)c1. The molecule has 3 amide bonds. The maximum atomic E-state index is 15.0. The first-order valence-corrected chi connectivity index (χ1v) is 17.4. The molecule has 0 bridgehead atoms. The van der Waals surface area contributed by atoms with Gasteiger partial charge in [-0.3, -0.25) is 19.2 Å². The van der Waals surface area contributed by atoms with E-state index in [9.17, 15) is 24.3 Å². The van der Waals surface area contributed by atoms with Crippen LogP contribution in [0.1, 0.15) is 62.8 Å². The largest absolute Gasteiger partial charge is 0.455 e. The molecule has 0 saturated carbocycles. The number of esters is 1. The lowest BCUT2D eigenvalue weighted by Gasteiger charge is -2.39. The number of amides is 3. The number of cyclic esters (lactones) is 1. The van der Waals surface area contributed by atoms with Crippen molar-refractivity contribution in [2.75, 3.05) is 18.1 Å². The molecule has 4 aliphatic heterocycles. The monoisotopic (exact) mass is 669 g/mol. The van der Waals surface area contributed by atoms with E-state index in [1.807, 2.05) is 82.3 Å². The number of allylic oxidation sites excluding steroid dienone is 1. The molecule has 4 heterocycles. The highest BCUT2D eigenvalue weighted by molar-refractivity contribution is 6.06. The number of aliphatic hydroxyl groups excluding tert-OH is 1. The number of hydrogen-bond donors (Lipinski definition) is 2. The average molecular weight is 670 g/mol. The maximum Gasteiger partial charge on any atom is 0.313 e. The first-order valence-electron chi connectivity index (χ1n) is 17.4. The molecule has 260 valence electrons. The van der Waals surface area contributed by atoms with Crippen molar-refractivity contribution in [3.63, 3.8) is 0 Å². The number of carbonyl (C=O) groups is 4. The molecule has 0 aromatic heterocycles. The summed E-state index contributed by atoms with van der Waals surface area (Å²) >= 11 is 0. The molecule has 49 heavy (non-hydrogen) atoms. The van der Waals surface area contributed by atoms with Gasteiger partial charge in [0.1, 0.15) is 23.7 Å². The first-order chi connectivity index (χ1) is 23.5. The van der Waals surface area contributed by atoms with Gasteiger partial charge in [0.05, 0.1) is 30.7 Å². The molecule has 0 radical (unpaired) electrons. The van der Waals surface area contributed by atoms with Gasteiger partial charge in [-0.25, -0.2) is 0 Å². The molecule has 6 rings (SSSR count). The summed E-state index contributed by atoms with van der Waals surface area (Å²) in [6.07, 6.45) is 6.49. The second kappa shape index (κ2) is 13.9. The van der Waals surface area contributed by atoms with Crippen LogP contribution in [0.25, 0.3) is 0 Å². The van der Waals surface area contributed by atoms with E-state index in [1.54, 1.807) is 30.1 Å². The number of ether oxygens (including phenoxy) is 2. The minimum Gasteiger partial charge on any atom is -0.455 e. The maximum absolute atomic E-state index is 15.0. The van der Waals surface area contributed by atoms with E-state index in [4.69, 9.17) is 9.47 Å². The van der Waals surface area contributed by atoms with Gasteiger partial charge in [0.2, 0.25) is 11.8 Å². The van der Waals surface area contributed by atoms with Crippen molar-refractivity contribution in [3.8, 4) is 0 Å². The Morgan fingerprint density at radius 3 is 2.49 bits per heavy atom. The van der Waals surface area contributed by atoms with E-state index in [1.165, 1.54) is 4.90 Å². The number of anilines is 1. The third-order valence-electron chi connectivity index (χ3n) is 10.3. The van der Waals surface area contributed by atoms with Crippen LogP contribution in [0.4, 0.5) is 5.69 Å². The number of carbonyl (C=O) groups excluding carboxylic acids is 4. The molecular weight excluding hydrogens is 622 g/mol. The number of aliphatic hydroxyl groups is 1. The zero-order chi connectivity index (χ0) is 35.0. The van der Waals surface area contributed by atoms with Crippen molar-refractivity contribution in [1.82, 2.24) is 10.2 Å². The van der Waals surface area contributed by atoms with E-state index in [0.29, 0.717) is 18.4 Å². The Morgan fingerprint density at radius 1 is 1.02 bits per heavy atom. The molecule has 2 aromatic carbocycles. The van der Waals surface area contributed by atoms with E-state index in [2.05, 4.69) is 5.32 Å². The molecule has 2 aromatic rings. The molecule has 4 aliphatic rings. The summed E-state index contributed by atoms with van der Waals surface area (Å²) in [7, 11) is 0. The quantitative estimate of drug-likeness (QED) is 0.347. The molecule has 2 fully saturated rings. The zero-order valence-electron chi connectivity index (χ0n) is 28.9. The Morgan fingerprint density at radius 2 is 1.78 bits per heavy atom. The lowest BCUT2D eigenvalue weighted by Crippen LogP contribution is -2.58. The average Bonchev–Trinajstić information content (AvgIpc) is 3.46. The third kappa shape index (κ3) is 6.32. The van der Waals surface area contributed by atoms with Crippen LogP contribution in [0.2, 0.25) is 0 Å². The molecule has 1 spiro atoms. The molecule has 10 heteroatoms. The van der Waals surface area contributed by atoms with Gasteiger partial charge in [-0.15, -0.1) is 0 Å². The minimum atomic E-state index is -1.51. The van der Waals surface area contributed by atoms with Crippen LogP contribution in [0.3, 0.4) is 0 Å². The number of rotatable bonds is 6. The number of likely N-dealkylation sites (tertiary alicyclic amines) is 1. The van der Waals surface area contributed by atoms with Gasteiger partial charge < -0.3 is 29.7 Å². The first kappa shape index (κ1) is 34.6. The highest BCUT2D eigenvalue weighted by Crippen LogP contribution is 2.54. The number of hydrogen-bond acceptors (Lipinski definition) is 7. The topological polar surface area (TPSA) is 125 Å². The van der Waals surface area contributed by atoms with E-state index in [-0.39, 0.29) is 37.3 Å². The van der Waals surface area contributed by atoms with Crippen LogP contribution in [0.5, 0.6) is 0 Å². The predicted octanol–water partition coefficient (Wildman–Crippen LogP) is 4.33. The van der Waals surface area contributed by atoms with Crippen molar-refractivity contribution in [2.45, 2.75) is 89.8 Å². The lowest BCUT2D eigenvalue weighted by atomic mass is 9.77. The van der Waals surface area contributed by atoms with Gasteiger partial charge in [0, 0.05) is 18.7 Å². The molecular formula is C39H47N3O7. The van der Waals surface area contributed by atoms with Crippen molar-refractivity contribution in [2.24, 2.45) is 17.8 Å². The third-order valence-corrected chi connectivity index (χ3v) is 10.3. The minimum absolute atomic E-state index is 0.110. The van der Waals surface area contributed by atoms with Gasteiger partial charge in [0.25, 0.3) is 5.91 Å². The second-order valence-electron chi connectivity index (χ2n) is 14.3. The smallest absolute Gasteiger partial charge is 0.313 e. The summed E-state index contributed by atoms with van der Waals surface area (Å²) in [6.45, 7) is 9.59. The summed E-state index contributed by atoms with van der Waals surface area (Å²) in [4.78, 5) is 60.5. The summed E-state index contributed by atoms with van der Waals surface area (Å²) in [5.41, 5.74) is 1.81. The standard InChI is InChI=1S/C39H47N3O7/c1-23(2)20-28(22-43)42-35-37(46)41(29-21-24(3)16-17-25(29)4)19-11-18-39(35)33(36(42)45)32-30(49-39)14-9-10-15-31(44)40-26(5)34(48-38(32)47)27-12-7-6-8-13-27/h6-9,11-14,16-18,21,23,26,28,30,32-35,43H,10,15,19-20,22H2,1-5H3,(H,40,44)/b14-9-/t26-,28-,30-,32+,33+,34+,35-,39+/m1/s1. The van der Waals surface area contributed by atoms with E-state index in [0.717, 1.165) is 16.8 Å². The summed E-state index contributed by atoms with van der Waals surface area (Å²) in [5.74, 6) is -3.66. The lowest BCUT2D eigenvalue weighted by molar-refractivity contribution is -0.162. The van der Waals surface area contributed by atoms with Crippen LogP contribution >= 0.6 is 0 Å². The van der Waals surface area contributed by atoms with Crippen molar-refractivity contribution in [1.29, 1.82) is 0 Å².